The van der Waals surface area contributed by atoms with Crippen molar-refractivity contribution < 1.29 is 14.3 Å². The minimum Gasteiger partial charge on any atom is -0.385 e. The average Bonchev–Trinajstić information content (AvgIpc) is 3.37. The van der Waals surface area contributed by atoms with Crippen molar-refractivity contribution in [3.63, 3.8) is 0 Å². The number of carbonyl (C=O) groups is 2. The lowest BCUT2D eigenvalue weighted by Gasteiger charge is -2.27. The molecular formula is C31H26N4O3. The van der Waals surface area contributed by atoms with E-state index in [1.807, 2.05) is 72.9 Å². The topological polar surface area (TPSA) is 88.2 Å². The molecule has 3 aromatic carbocycles. The second-order valence-corrected chi connectivity index (χ2v) is 9.05. The number of carbonyl (C=O) groups excluding carboxylic acids is 2. The lowest BCUT2D eigenvalue weighted by atomic mass is 9.93. The third-order valence-corrected chi connectivity index (χ3v) is 6.64. The molecule has 0 radical (unpaired) electrons. The lowest BCUT2D eigenvalue weighted by molar-refractivity contribution is -0.140. The van der Waals surface area contributed by atoms with E-state index in [9.17, 15) is 14.9 Å². The quantitative estimate of drug-likeness (QED) is 0.194. The highest BCUT2D eigenvalue weighted by Gasteiger charge is 2.35. The first-order valence-electron chi connectivity index (χ1n) is 12.3. The Morgan fingerprint density at radius 3 is 2.45 bits per heavy atom. The molecule has 0 fully saturated rings. The summed E-state index contributed by atoms with van der Waals surface area (Å²) in [6, 6.07) is 25.9. The van der Waals surface area contributed by atoms with Gasteiger partial charge in [0.15, 0.2) is 0 Å². The summed E-state index contributed by atoms with van der Waals surface area (Å²) in [6.45, 7) is 2.21. The molecule has 188 valence electrons. The molecule has 2 amide bonds. The second kappa shape index (κ2) is 10.7. The Bertz CT molecular complexity index is 1640. The third kappa shape index (κ3) is 4.65. The van der Waals surface area contributed by atoms with Crippen LogP contribution in [0.3, 0.4) is 0 Å². The van der Waals surface area contributed by atoms with Crippen LogP contribution in [0.25, 0.3) is 33.8 Å². The molecule has 7 heteroatoms. The molecule has 2 heterocycles. The highest BCUT2D eigenvalue weighted by molar-refractivity contribution is 6.19. The zero-order valence-electron chi connectivity index (χ0n) is 21.2. The number of fused-ring (bicyclic) bond motifs is 1. The summed E-state index contributed by atoms with van der Waals surface area (Å²) in [5.41, 5.74) is 3.79. The molecule has 0 unspecified atom stereocenters. The van der Waals surface area contributed by atoms with Gasteiger partial charge in [0, 0.05) is 43.2 Å². The number of benzene rings is 3. The minimum atomic E-state index is -0.571. The predicted octanol–water partition coefficient (Wildman–Crippen LogP) is 5.32. The van der Waals surface area contributed by atoms with Crippen molar-refractivity contribution in [3.05, 3.63) is 101 Å². The number of hydrogen-bond acceptors (Lipinski definition) is 5. The summed E-state index contributed by atoms with van der Waals surface area (Å²) < 4.78 is 6.86. The number of nitriles is 1. The normalized spacial score (nSPS) is 15.0. The number of amides is 2. The van der Waals surface area contributed by atoms with Crippen LogP contribution in [0.5, 0.6) is 0 Å². The monoisotopic (exact) mass is 502 g/mol. The molecule has 5 rings (SSSR count). The number of rotatable bonds is 7. The number of methoxy groups -OCH3 is 1. The zero-order valence-corrected chi connectivity index (χ0v) is 21.2. The molecule has 0 N–H and O–H groups in total. The van der Waals surface area contributed by atoms with Crippen molar-refractivity contribution in [1.82, 2.24) is 14.7 Å². The van der Waals surface area contributed by atoms with Crippen LogP contribution < -0.4 is 0 Å². The van der Waals surface area contributed by atoms with Gasteiger partial charge in [-0.2, -0.15) is 10.4 Å². The number of imide groups is 1. The summed E-state index contributed by atoms with van der Waals surface area (Å²) in [7, 11) is 1.56. The van der Waals surface area contributed by atoms with Gasteiger partial charge >= 0.3 is 0 Å². The molecule has 4 aromatic rings. The minimum absolute atomic E-state index is 0.0315. The van der Waals surface area contributed by atoms with Crippen LogP contribution in [0.2, 0.25) is 0 Å². The number of ether oxygens (including phenoxy) is 1. The summed E-state index contributed by atoms with van der Waals surface area (Å²) in [5.74, 6) is -1.00. The fourth-order valence-electron chi connectivity index (χ4n) is 4.62. The summed E-state index contributed by atoms with van der Waals surface area (Å²) in [6.07, 6.45) is 4.08. The maximum absolute atomic E-state index is 13.5. The van der Waals surface area contributed by atoms with E-state index in [1.54, 1.807) is 24.8 Å². The van der Waals surface area contributed by atoms with Gasteiger partial charge in [0.25, 0.3) is 11.8 Å². The van der Waals surface area contributed by atoms with Gasteiger partial charge in [-0.1, -0.05) is 54.6 Å². The number of aromatic nitrogens is 2. The SMILES string of the molecule is COCCCN1C(=O)C(C#N)=C(C)/C(=C\c2cn(-c3ccccc3)nc2-c2ccc3ccccc3c2)C1=O. The van der Waals surface area contributed by atoms with Crippen molar-refractivity contribution in [2.45, 2.75) is 13.3 Å². The summed E-state index contributed by atoms with van der Waals surface area (Å²) in [5, 5.41) is 16.8. The molecule has 0 aliphatic carbocycles. The van der Waals surface area contributed by atoms with Crippen LogP contribution in [0.4, 0.5) is 0 Å². The first-order chi connectivity index (χ1) is 18.5. The number of nitrogens with zero attached hydrogens (tertiary/aromatic N) is 4. The molecule has 1 aliphatic rings. The van der Waals surface area contributed by atoms with E-state index in [0.29, 0.717) is 35.4 Å². The van der Waals surface area contributed by atoms with Gasteiger partial charge < -0.3 is 4.74 Å². The van der Waals surface area contributed by atoms with Crippen molar-refractivity contribution in [3.8, 4) is 23.0 Å². The van der Waals surface area contributed by atoms with Crippen LogP contribution in [0, 0.1) is 11.3 Å². The molecule has 0 saturated carbocycles. The Kier molecular flexibility index (Phi) is 6.98. The smallest absolute Gasteiger partial charge is 0.271 e. The molecular weight excluding hydrogens is 476 g/mol. The van der Waals surface area contributed by atoms with E-state index in [-0.39, 0.29) is 12.1 Å². The van der Waals surface area contributed by atoms with Gasteiger partial charge in [0.1, 0.15) is 11.6 Å². The fraction of sp³-hybridized carbons (Fsp3) is 0.161. The van der Waals surface area contributed by atoms with E-state index in [2.05, 4.69) is 12.1 Å². The van der Waals surface area contributed by atoms with E-state index < -0.39 is 11.8 Å². The summed E-state index contributed by atoms with van der Waals surface area (Å²) >= 11 is 0. The Hall–Kier alpha value is -4.80. The molecule has 38 heavy (non-hydrogen) atoms. The first-order valence-corrected chi connectivity index (χ1v) is 12.3. The van der Waals surface area contributed by atoms with Crippen molar-refractivity contribution in [2.24, 2.45) is 0 Å². The van der Waals surface area contributed by atoms with Crippen molar-refractivity contribution >= 4 is 28.7 Å². The van der Waals surface area contributed by atoms with Crippen LogP contribution in [-0.4, -0.2) is 46.8 Å². The second-order valence-electron chi connectivity index (χ2n) is 9.05. The molecule has 1 aromatic heterocycles. The lowest BCUT2D eigenvalue weighted by Crippen LogP contribution is -2.43. The molecule has 0 atom stereocenters. The van der Waals surface area contributed by atoms with Gasteiger partial charge in [-0.25, -0.2) is 4.68 Å². The van der Waals surface area contributed by atoms with E-state index >= 15 is 0 Å². The Morgan fingerprint density at radius 1 is 0.974 bits per heavy atom. The van der Waals surface area contributed by atoms with Crippen molar-refractivity contribution in [2.75, 3.05) is 20.3 Å². The van der Waals surface area contributed by atoms with Crippen LogP contribution >= 0.6 is 0 Å². The third-order valence-electron chi connectivity index (χ3n) is 6.64. The van der Waals surface area contributed by atoms with E-state index in [1.165, 1.54) is 0 Å². The fourth-order valence-corrected chi connectivity index (χ4v) is 4.62. The Balaban J connectivity index is 1.67. The summed E-state index contributed by atoms with van der Waals surface area (Å²) in [4.78, 5) is 27.6. The highest BCUT2D eigenvalue weighted by atomic mass is 16.5. The van der Waals surface area contributed by atoms with Gasteiger partial charge in [0.2, 0.25) is 0 Å². The van der Waals surface area contributed by atoms with E-state index in [4.69, 9.17) is 9.84 Å². The van der Waals surface area contributed by atoms with Gasteiger partial charge in [-0.05, 0) is 54.0 Å². The standard InChI is InChI=1S/C31H26N4O3/c1-21-27(30(36)34(15-8-16-38-2)31(37)28(21)19-32)18-25-20-35(26-11-4-3-5-12-26)33-29(25)24-14-13-22-9-6-7-10-23(22)17-24/h3-7,9-14,17-18,20H,8,15-16H2,1-2H3/b27-18+. The molecule has 7 nitrogen and oxygen atoms in total. The Labute approximate surface area is 220 Å². The molecule has 0 spiro atoms. The first kappa shape index (κ1) is 24.9. The van der Waals surface area contributed by atoms with Crippen LogP contribution in [0.15, 0.2) is 95.7 Å². The molecule has 0 bridgehead atoms. The van der Waals surface area contributed by atoms with Crippen molar-refractivity contribution in [1.29, 1.82) is 5.26 Å². The predicted molar refractivity (Wildman–Crippen MR) is 146 cm³/mol. The number of hydrogen-bond donors (Lipinski definition) is 0. The van der Waals surface area contributed by atoms with E-state index in [0.717, 1.165) is 26.9 Å². The molecule has 1 aliphatic heterocycles. The zero-order chi connectivity index (χ0) is 26.6. The molecule has 0 saturated heterocycles. The average molecular weight is 503 g/mol. The Morgan fingerprint density at radius 2 is 1.71 bits per heavy atom. The van der Waals surface area contributed by atoms with Gasteiger partial charge in [-0.3, -0.25) is 14.5 Å². The maximum Gasteiger partial charge on any atom is 0.271 e. The maximum atomic E-state index is 13.5. The van der Waals surface area contributed by atoms with Gasteiger partial charge in [-0.15, -0.1) is 0 Å². The highest BCUT2D eigenvalue weighted by Crippen LogP contribution is 2.32. The van der Waals surface area contributed by atoms with Crippen LogP contribution in [-0.2, 0) is 14.3 Å². The van der Waals surface area contributed by atoms with Crippen LogP contribution in [0.1, 0.15) is 18.9 Å². The number of para-hydroxylation sites is 1. The van der Waals surface area contributed by atoms with Gasteiger partial charge in [0.05, 0.1) is 11.4 Å². The largest absolute Gasteiger partial charge is 0.385 e.